The van der Waals surface area contributed by atoms with E-state index in [-0.39, 0.29) is 31.4 Å². The van der Waals surface area contributed by atoms with Crippen molar-refractivity contribution < 1.29 is 18.8 Å². The van der Waals surface area contributed by atoms with Crippen molar-refractivity contribution in [1.29, 1.82) is 0 Å². The van der Waals surface area contributed by atoms with E-state index < -0.39 is 11.9 Å². The number of benzene rings is 1. The molecule has 1 aromatic carbocycles. The molecule has 112 valence electrons. The standard InChI is InChI=1S/C14H16FN3O3/c1-2-17(8-10-4-3-5-11(15)6-10)13(20)9-18-12(19)7-16-14(18)21/h3-6H,2,7-9H2,1H3,(H,16,21). The molecule has 0 bridgehead atoms. The van der Waals surface area contributed by atoms with Crippen LogP contribution in [0.15, 0.2) is 24.3 Å². The number of nitrogens with one attached hydrogen (secondary N) is 1. The van der Waals surface area contributed by atoms with Crippen molar-refractivity contribution in [3.8, 4) is 0 Å². The highest BCUT2D eigenvalue weighted by Gasteiger charge is 2.31. The van der Waals surface area contributed by atoms with Crippen molar-refractivity contribution in [2.75, 3.05) is 19.6 Å². The first kappa shape index (κ1) is 15.0. The van der Waals surface area contributed by atoms with Crippen LogP contribution in [0.5, 0.6) is 0 Å². The van der Waals surface area contributed by atoms with Crippen LogP contribution < -0.4 is 5.32 Å². The number of imide groups is 1. The zero-order valence-corrected chi connectivity index (χ0v) is 11.6. The second-order valence-electron chi connectivity index (χ2n) is 4.68. The number of rotatable bonds is 5. The van der Waals surface area contributed by atoms with Crippen LogP contribution in [0.4, 0.5) is 9.18 Å². The number of nitrogens with zero attached hydrogens (tertiary/aromatic N) is 2. The van der Waals surface area contributed by atoms with E-state index >= 15 is 0 Å². The summed E-state index contributed by atoms with van der Waals surface area (Å²) in [6.07, 6.45) is 0. The number of amides is 4. The molecule has 2 rings (SSSR count). The van der Waals surface area contributed by atoms with E-state index in [1.54, 1.807) is 19.1 Å². The Balaban J connectivity index is 2.01. The first-order valence-electron chi connectivity index (χ1n) is 6.61. The van der Waals surface area contributed by atoms with Gasteiger partial charge < -0.3 is 10.2 Å². The lowest BCUT2D eigenvalue weighted by Gasteiger charge is -2.23. The lowest BCUT2D eigenvalue weighted by Crippen LogP contribution is -2.42. The Hall–Kier alpha value is -2.44. The van der Waals surface area contributed by atoms with Crippen molar-refractivity contribution in [2.24, 2.45) is 0 Å². The van der Waals surface area contributed by atoms with Crippen molar-refractivity contribution in [3.05, 3.63) is 35.6 Å². The highest BCUT2D eigenvalue weighted by atomic mass is 19.1. The molecule has 0 radical (unpaired) electrons. The van der Waals surface area contributed by atoms with Gasteiger partial charge in [-0.25, -0.2) is 9.18 Å². The van der Waals surface area contributed by atoms with Crippen LogP contribution in [0.25, 0.3) is 0 Å². The van der Waals surface area contributed by atoms with Crippen LogP contribution >= 0.6 is 0 Å². The van der Waals surface area contributed by atoms with Crippen LogP contribution in [-0.4, -0.2) is 47.3 Å². The molecule has 7 heteroatoms. The molecular weight excluding hydrogens is 277 g/mol. The summed E-state index contributed by atoms with van der Waals surface area (Å²) >= 11 is 0. The topological polar surface area (TPSA) is 69.7 Å². The fraction of sp³-hybridized carbons (Fsp3) is 0.357. The van der Waals surface area contributed by atoms with E-state index in [0.29, 0.717) is 12.1 Å². The minimum atomic E-state index is -0.560. The molecule has 0 aliphatic carbocycles. The van der Waals surface area contributed by atoms with Gasteiger partial charge in [-0.2, -0.15) is 0 Å². The molecule has 1 aliphatic rings. The van der Waals surface area contributed by atoms with Gasteiger partial charge in [0.25, 0.3) is 5.91 Å². The van der Waals surface area contributed by atoms with E-state index in [2.05, 4.69) is 5.32 Å². The number of carbonyl (C=O) groups excluding carboxylic acids is 3. The van der Waals surface area contributed by atoms with Gasteiger partial charge in [-0.05, 0) is 24.6 Å². The van der Waals surface area contributed by atoms with Crippen LogP contribution in [0.3, 0.4) is 0 Å². The van der Waals surface area contributed by atoms with Crippen LogP contribution in [0, 0.1) is 5.82 Å². The zero-order chi connectivity index (χ0) is 15.4. The van der Waals surface area contributed by atoms with Gasteiger partial charge in [0, 0.05) is 13.1 Å². The maximum Gasteiger partial charge on any atom is 0.325 e. The predicted molar refractivity (Wildman–Crippen MR) is 72.6 cm³/mol. The first-order chi connectivity index (χ1) is 10.0. The second kappa shape index (κ2) is 6.34. The molecule has 6 nitrogen and oxygen atoms in total. The third kappa shape index (κ3) is 3.56. The second-order valence-corrected chi connectivity index (χ2v) is 4.68. The van der Waals surface area contributed by atoms with Crippen molar-refractivity contribution in [2.45, 2.75) is 13.5 Å². The monoisotopic (exact) mass is 293 g/mol. The van der Waals surface area contributed by atoms with Crippen LogP contribution in [0.1, 0.15) is 12.5 Å². The first-order valence-corrected chi connectivity index (χ1v) is 6.61. The average molecular weight is 293 g/mol. The molecule has 0 spiro atoms. The fourth-order valence-electron chi connectivity index (χ4n) is 2.08. The number of hydrogen-bond donors (Lipinski definition) is 1. The van der Waals surface area contributed by atoms with E-state index in [4.69, 9.17) is 0 Å². The molecule has 1 saturated heterocycles. The van der Waals surface area contributed by atoms with Gasteiger partial charge in [-0.15, -0.1) is 0 Å². The third-order valence-electron chi connectivity index (χ3n) is 3.23. The van der Waals surface area contributed by atoms with Crippen molar-refractivity contribution in [1.82, 2.24) is 15.1 Å². The van der Waals surface area contributed by atoms with E-state index in [9.17, 15) is 18.8 Å². The Morgan fingerprint density at radius 1 is 1.43 bits per heavy atom. The maximum absolute atomic E-state index is 13.1. The smallest absolute Gasteiger partial charge is 0.325 e. The van der Waals surface area contributed by atoms with Gasteiger partial charge in [0.05, 0.1) is 6.54 Å². The summed E-state index contributed by atoms with van der Waals surface area (Å²) in [4.78, 5) is 37.4. The quantitative estimate of drug-likeness (QED) is 0.814. The Labute approximate surface area is 121 Å². The Bertz CT molecular complexity index is 560. The van der Waals surface area contributed by atoms with E-state index in [1.165, 1.54) is 17.0 Å². The highest BCUT2D eigenvalue weighted by Crippen LogP contribution is 2.09. The Morgan fingerprint density at radius 2 is 2.19 bits per heavy atom. The molecule has 1 aromatic rings. The fourth-order valence-corrected chi connectivity index (χ4v) is 2.08. The summed E-state index contributed by atoms with van der Waals surface area (Å²) in [5.74, 6) is -1.15. The number of carbonyl (C=O) groups is 3. The van der Waals surface area contributed by atoms with Gasteiger partial charge in [0.2, 0.25) is 5.91 Å². The summed E-state index contributed by atoms with van der Waals surface area (Å²) in [5, 5.41) is 2.36. The third-order valence-corrected chi connectivity index (χ3v) is 3.23. The summed E-state index contributed by atoms with van der Waals surface area (Å²) < 4.78 is 13.1. The Morgan fingerprint density at radius 3 is 2.76 bits per heavy atom. The molecule has 4 amide bonds. The summed E-state index contributed by atoms with van der Waals surface area (Å²) in [6, 6.07) is 5.40. The SMILES string of the molecule is CCN(Cc1cccc(F)c1)C(=O)CN1C(=O)CNC1=O. The normalized spacial score (nSPS) is 14.3. The lowest BCUT2D eigenvalue weighted by atomic mass is 10.2. The molecule has 0 aromatic heterocycles. The molecule has 0 unspecified atom stereocenters. The number of likely N-dealkylation sites (N-methyl/N-ethyl adjacent to an activating group) is 1. The van der Waals surface area contributed by atoms with E-state index in [0.717, 1.165) is 4.90 Å². The predicted octanol–water partition coefficient (Wildman–Crippen LogP) is 0.726. The molecule has 1 N–H and O–H groups in total. The molecule has 0 saturated carbocycles. The number of urea groups is 1. The summed E-state index contributed by atoms with van der Waals surface area (Å²) in [6.45, 7) is 2.04. The van der Waals surface area contributed by atoms with Gasteiger partial charge in [0.1, 0.15) is 12.4 Å². The van der Waals surface area contributed by atoms with Crippen molar-refractivity contribution in [3.63, 3.8) is 0 Å². The van der Waals surface area contributed by atoms with Crippen LogP contribution in [-0.2, 0) is 16.1 Å². The molecule has 0 atom stereocenters. The van der Waals surface area contributed by atoms with Crippen molar-refractivity contribution >= 4 is 17.8 Å². The van der Waals surface area contributed by atoms with Gasteiger partial charge in [0.15, 0.2) is 0 Å². The molecule has 1 aliphatic heterocycles. The highest BCUT2D eigenvalue weighted by molar-refractivity contribution is 6.04. The minimum Gasteiger partial charge on any atom is -0.337 e. The average Bonchev–Trinajstić information content (AvgIpc) is 2.76. The van der Waals surface area contributed by atoms with Gasteiger partial charge in [-0.1, -0.05) is 12.1 Å². The zero-order valence-electron chi connectivity index (χ0n) is 11.6. The summed E-state index contributed by atoms with van der Waals surface area (Å²) in [7, 11) is 0. The van der Waals surface area contributed by atoms with Gasteiger partial charge >= 0.3 is 6.03 Å². The molecular formula is C14H16FN3O3. The Kier molecular flexibility index (Phi) is 4.52. The van der Waals surface area contributed by atoms with Gasteiger partial charge in [-0.3, -0.25) is 14.5 Å². The van der Waals surface area contributed by atoms with Crippen LogP contribution in [0.2, 0.25) is 0 Å². The molecule has 21 heavy (non-hydrogen) atoms. The number of hydrogen-bond acceptors (Lipinski definition) is 3. The molecule has 1 fully saturated rings. The summed E-state index contributed by atoms with van der Waals surface area (Å²) in [5.41, 5.74) is 0.655. The lowest BCUT2D eigenvalue weighted by molar-refractivity contribution is -0.136. The van der Waals surface area contributed by atoms with E-state index in [1.807, 2.05) is 0 Å². The maximum atomic E-state index is 13.1. The minimum absolute atomic E-state index is 0.0812. The number of halogens is 1. The largest absolute Gasteiger partial charge is 0.337 e. The molecule has 1 heterocycles.